The predicted molar refractivity (Wildman–Crippen MR) is 100 cm³/mol. The fraction of sp³-hybridized carbons (Fsp3) is 0.421. The van der Waals surface area contributed by atoms with Crippen molar-refractivity contribution in [2.75, 3.05) is 44.7 Å². The zero-order valence-corrected chi connectivity index (χ0v) is 15.0. The lowest BCUT2D eigenvalue weighted by Gasteiger charge is -2.26. The number of hydrogen-bond acceptors (Lipinski definition) is 6. The Morgan fingerprint density at radius 1 is 1.23 bits per heavy atom. The average Bonchev–Trinajstić information content (AvgIpc) is 2.69. The molecule has 1 fully saturated rings. The summed E-state index contributed by atoms with van der Waals surface area (Å²) in [5, 5.41) is 6.16. The third kappa shape index (κ3) is 5.24. The quantitative estimate of drug-likeness (QED) is 0.787. The van der Waals surface area contributed by atoms with E-state index in [1.165, 1.54) is 0 Å². The number of carbonyl (C=O) groups is 1. The number of hydrogen-bond donors (Lipinski definition) is 2. The number of rotatable bonds is 7. The van der Waals surface area contributed by atoms with Crippen molar-refractivity contribution in [1.82, 2.24) is 20.2 Å². The maximum absolute atomic E-state index is 12.5. The summed E-state index contributed by atoms with van der Waals surface area (Å²) in [6, 6.07) is 11.4. The van der Waals surface area contributed by atoms with Crippen molar-refractivity contribution in [3.63, 3.8) is 0 Å². The molecule has 1 atom stereocenters. The van der Waals surface area contributed by atoms with Gasteiger partial charge in [-0.2, -0.15) is 0 Å². The van der Waals surface area contributed by atoms with E-state index in [1.807, 2.05) is 37.3 Å². The minimum atomic E-state index is -0.208. The van der Waals surface area contributed by atoms with Gasteiger partial charge in [0.1, 0.15) is 5.69 Å². The van der Waals surface area contributed by atoms with Crippen molar-refractivity contribution in [2.24, 2.45) is 0 Å². The summed E-state index contributed by atoms with van der Waals surface area (Å²) in [4.78, 5) is 23.3. The Morgan fingerprint density at radius 2 is 2.00 bits per heavy atom. The predicted octanol–water partition coefficient (Wildman–Crippen LogP) is 1.71. The molecular weight excluding hydrogens is 330 g/mol. The van der Waals surface area contributed by atoms with Gasteiger partial charge < -0.3 is 15.4 Å². The first-order valence-electron chi connectivity index (χ1n) is 8.95. The molecule has 1 unspecified atom stereocenters. The molecule has 2 N–H and O–H groups in total. The highest BCUT2D eigenvalue weighted by Gasteiger charge is 2.14. The zero-order chi connectivity index (χ0) is 18.2. The Kier molecular flexibility index (Phi) is 6.51. The molecule has 1 aromatic heterocycles. The van der Waals surface area contributed by atoms with Gasteiger partial charge in [0, 0.05) is 32.4 Å². The topological polar surface area (TPSA) is 79.4 Å². The van der Waals surface area contributed by atoms with Gasteiger partial charge in [0.25, 0.3) is 5.91 Å². The normalized spacial score (nSPS) is 16.0. The fourth-order valence-electron chi connectivity index (χ4n) is 2.82. The van der Waals surface area contributed by atoms with Gasteiger partial charge in [-0.3, -0.25) is 9.69 Å². The Labute approximate surface area is 153 Å². The summed E-state index contributed by atoms with van der Waals surface area (Å²) >= 11 is 0. The number of ether oxygens (including phenoxy) is 1. The maximum atomic E-state index is 12.5. The van der Waals surface area contributed by atoms with Gasteiger partial charge >= 0.3 is 0 Å². The third-order valence-corrected chi connectivity index (χ3v) is 4.35. The molecule has 0 spiro atoms. The molecule has 1 aliphatic rings. The second kappa shape index (κ2) is 9.26. The van der Waals surface area contributed by atoms with Crippen molar-refractivity contribution >= 4 is 11.9 Å². The molecule has 0 radical (unpaired) electrons. The maximum Gasteiger partial charge on any atom is 0.270 e. The first kappa shape index (κ1) is 18.3. The lowest BCUT2D eigenvalue weighted by atomic mass is 10.1. The molecule has 1 aliphatic heterocycles. The number of amides is 1. The van der Waals surface area contributed by atoms with Crippen LogP contribution in [0, 0.1) is 0 Å². The first-order valence-corrected chi connectivity index (χ1v) is 8.95. The SMILES string of the molecule is CC(NC(=O)c1ccnc(NCCN2CCOCC2)n1)c1ccccc1. The summed E-state index contributed by atoms with van der Waals surface area (Å²) in [7, 11) is 0. The molecule has 7 heteroatoms. The molecular formula is C19H25N5O2. The first-order chi connectivity index (χ1) is 12.7. The third-order valence-electron chi connectivity index (χ3n) is 4.35. The molecule has 1 saturated heterocycles. The van der Waals surface area contributed by atoms with Gasteiger partial charge in [-0.25, -0.2) is 9.97 Å². The highest BCUT2D eigenvalue weighted by molar-refractivity contribution is 5.92. The highest BCUT2D eigenvalue weighted by atomic mass is 16.5. The number of aromatic nitrogens is 2. The second-order valence-electron chi connectivity index (χ2n) is 6.25. The Hall–Kier alpha value is -2.51. The van der Waals surface area contributed by atoms with Crippen LogP contribution in [0.4, 0.5) is 5.95 Å². The van der Waals surface area contributed by atoms with E-state index in [0.717, 1.165) is 45.0 Å². The van der Waals surface area contributed by atoms with Crippen LogP contribution in [0.5, 0.6) is 0 Å². The van der Waals surface area contributed by atoms with Gasteiger partial charge in [0.05, 0.1) is 19.3 Å². The van der Waals surface area contributed by atoms with E-state index in [1.54, 1.807) is 12.3 Å². The molecule has 2 aromatic rings. The summed E-state index contributed by atoms with van der Waals surface area (Å²) in [6.07, 6.45) is 1.60. The van der Waals surface area contributed by atoms with Crippen molar-refractivity contribution < 1.29 is 9.53 Å². The minimum Gasteiger partial charge on any atom is -0.379 e. The van der Waals surface area contributed by atoms with E-state index in [2.05, 4.69) is 25.5 Å². The summed E-state index contributed by atoms with van der Waals surface area (Å²) in [5.41, 5.74) is 1.41. The molecule has 7 nitrogen and oxygen atoms in total. The molecule has 138 valence electrons. The van der Waals surface area contributed by atoms with Gasteiger partial charge in [-0.1, -0.05) is 30.3 Å². The molecule has 2 heterocycles. The summed E-state index contributed by atoms with van der Waals surface area (Å²) in [5.74, 6) is 0.262. The largest absolute Gasteiger partial charge is 0.379 e. The summed E-state index contributed by atoms with van der Waals surface area (Å²) in [6.45, 7) is 7.04. The van der Waals surface area contributed by atoms with Crippen LogP contribution in [0.15, 0.2) is 42.6 Å². The number of carbonyl (C=O) groups excluding carboxylic acids is 1. The van der Waals surface area contributed by atoms with Gasteiger partial charge in [-0.15, -0.1) is 0 Å². The van der Waals surface area contributed by atoms with Crippen molar-refractivity contribution in [1.29, 1.82) is 0 Å². The number of benzene rings is 1. The van der Waals surface area contributed by atoms with Crippen LogP contribution in [0.2, 0.25) is 0 Å². The molecule has 0 bridgehead atoms. The van der Waals surface area contributed by atoms with E-state index in [9.17, 15) is 4.79 Å². The van der Waals surface area contributed by atoms with Crippen LogP contribution in [0.25, 0.3) is 0 Å². The molecule has 26 heavy (non-hydrogen) atoms. The van der Waals surface area contributed by atoms with Crippen molar-refractivity contribution in [3.05, 3.63) is 53.9 Å². The Bertz CT molecular complexity index is 704. The van der Waals surface area contributed by atoms with Crippen LogP contribution < -0.4 is 10.6 Å². The standard InChI is InChI=1S/C19H25N5O2/c1-15(16-5-3-2-4-6-16)22-18(25)17-7-8-20-19(23-17)21-9-10-24-11-13-26-14-12-24/h2-8,15H,9-14H2,1H3,(H,22,25)(H,20,21,23). The number of morpholine rings is 1. The van der Waals surface area contributed by atoms with E-state index in [4.69, 9.17) is 4.74 Å². The van der Waals surface area contributed by atoms with Gasteiger partial charge in [0.15, 0.2) is 0 Å². The number of anilines is 1. The molecule has 1 amide bonds. The van der Waals surface area contributed by atoms with Gasteiger partial charge in [-0.05, 0) is 18.6 Å². The van der Waals surface area contributed by atoms with E-state index in [0.29, 0.717) is 11.6 Å². The van der Waals surface area contributed by atoms with E-state index < -0.39 is 0 Å². The monoisotopic (exact) mass is 355 g/mol. The summed E-state index contributed by atoms with van der Waals surface area (Å²) < 4.78 is 5.34. The number of nitrogens with zero attached hydrogens (tertiary/aromatic N) is 3. The fourth-order valence-corrected chi connectivity index (χ4v) is 2.82. The lowest BCUT2D eigenvalue weighted by Crippen LogP contribution is -2.39. The number of nitrogens with one attached hydrogen (secondary N) is 2. The molecule has 1 aromatic carbocycles. The van der Waals surface area contributed by atoms with E-state index >= 15 is 0 Å². The molecule has 3 rings (SSSR count). The van der Waals surface area contributed by atoms with Crippen molar-refractivity contribution in [3.8, 4) is 0 Å². The van der Waals surface area contributed by atoms with Crippen LogP contribution in [0.1, 0.15) is 29.0 Å². The van der Waals surface area contributed by atoms with Crippen LogP contribution in [0.3, 0.4) is 0 Å². The Balaban J connectivity index is 1.51. The lowest BCUT2D eigenvalue weighted by molar-refractivity contribution is 0.0398. The van der Waals surface area contributed by atoms with Gasteiger partial charge in [0.2, 0.25) is 5.95 Å². The Morgan fingerprint density at radius 3 is 2.77 bits per heavy atom. The smallest absolute Gasteiger partial charge is 0.270 e. The van der Waals surface area contributed by atoms with Crippen LogP contribution >= 0.6 is 0 Å². The zero-order valence-electron chi connectivity index (χ0n) is 15.0. The second-order valence-corrected chi connectivity index (χ2v) is 6.25. The van der Waals surface area contributed by atoms with E-state index in [-0.39, 0.29) is 11.9 Å². The minimum absolute atomic E-state index is 0.0867. The average molecular weight is 355 g/mol. The molecule has 0 saturated carbocycles. The van der Waals surface area contributed by atoms with Crippen LogP contribution in [-0.4, -0.2) is 60.2 Å². The van der Waals surface area contributed by atoms with Crippen molar-refractivity contribution in [2.45, 2.75) is 13.0 Å². The van der Waals surface area contributed by atoms with Crippen LogP contribution in [-0.2, 0) is 4.74 Å². The highest BCUT2D eigenvalue weighted by Crippen LogP contribution is 2.12. The molecule has 0 aliphatic carbocycles.